The van der Waals surface area contributed by atoms with Gasteiger partial charge in [-0.15, -0.1) is 11.3 Å². The molecule has 1 atom stereocenters. The maximum absolute atomic E-state index is 12.2. The highest BCUT2D eigenvalue weighted by Gasteiger charge is 2.28. The fraction of sp³-hybridized carbons (Fsp3) is 0.556. The van der Waals surface area contributed by atoms with Gasteiger partial charge in [0.25, 0.3) is 0 Å². The van der Waals surface area contributed by atoms with E-state index in [0.717, 1.165) is 41.1 Å². The van der Waals surface area contributed by atoms with Gasteiger partial charge in [0.15, 0.2) is 5.13 Å². The number of amides is 1. The van der Waals surface area contributed by atoms with Crippen LogP contribution in [0.2, 0.25) is 0 Å². The van der Waals surface area contributed by atoms with Crippen LogP contribution in [0, 0.1) is 20.8 Å². The molecule has 1 fully saturated rings. The molecule has 0 saturated carbocycles. The molecule has 2 aromatic rings. The van der Waals surface area contributed by atoms with E-state index in [-0.39, 0.29) is 11.8 Å². The summed E-state index contributed by atoms with van der Waals surface area (Å²) in [5.74, 6) is 1.86. The van der Waals surface area contributed by atoms with E-state index in [1.54, 1.807) is 18.4 Å². The summed E-state index contributed by atoms with van der Waals surface area (Å²) in [6, 6.07) is 1.98. The SMILES string of the molecule is COCCC(=O)N1CCC(c2cc(Nc3nc(C)c(C)s3)nc(C)n2)C1. The van der Waals surface area contributed by atoms with Crippen LogP contribution in [-0.2, 0) is 9.53 Å². The molecule has 26 heavy (non-hydrogen) atoms. The number of ether oxygens (including phenoxy) is 1. The Kier molecular flexibility index (Phi) is 5.83. The summed E-state index contributed by atoms with van der Waals surface area (Å²) in [5.41, 5.74) is 2.01. The van der Waals surface area contributed by atoms with Crippen LogP contribution in [0.5, 0.6) is 0 Å². The summed E-state index contributed by atoms with van der Waals surface area (Å²) >= 11 is 1.62. The quantitative estimate of drug-likeness (QED) is 0.836. The molecule has 8 heteroatoms. The van der Waals surface area contributed by atoms with Crippen molar-refractivity contribution in [3.05, 3.63) is 28.2 Å². The van der Waals surface area contributed by atoms with E-state index in [4.69, 9.17) is 4.74 Å². The largest absolute Gasteiger partial charge is 0.384 e. The second-order valence-electron chi connectivity index (χ2n) is 6.58. The molecule has 3 rings (SSSR count). The first-order chi connectivity index (χ1) is 12.5. The van der Waals surface area contributed by atoms with Crippen LogP contribution < -0.4 is 5.32 Å². The molecule has 7 nitrogen and oxygen atoms in total. The third-order valence-corrected chi connectivity index (χ3v) is 5.59. The Morgan fingerprint density at radius 3 is 2.85 bits per heavy atom. The summed E-state index contributed by atoms with van der Waals surface area (Å²) in [5, 5.41) is 4.13. The number of rotatable bonds is 6. The lowest BCUT2D eigenvalue weighted by Gasteiger charge is -2.16. The lowest BCUT2D eigenvalue weighted by molar-refractivity contribution is -0.131. The molecule has 1 aliphatic heterocycles. The average molecular weight is 375 g/mol. The summed E-state index contributed by atoms with van der Waals surface area (Å²) in [7, 11) is 1.61. The summed E-state index contributed by atoms with van der Waals surface area (Å²) in [6.45, 7) is 7.89. The number of likely N-dealkylation sites (tertiary alicyclic amines) is 1. The van der Waals surface area contributed by atoms with Crippen molar-refractivity contribution in [1.29, 1.82) is 0 Å². The molecule has 1 N–H and O–H groups in total. The Morgan fingerprint density at radius 1 is 1.35 bits per heavy atom. The van der Waals surface area contributed by atoms with Crippen LogP contribution in [0.25, 0.3) is 0 Å². The fourth-order valence-corrected chi connectivity index (χ4v) is 3.90. The normalized spacial score (nSPS) is 16.9. The third kappa shape index (κ3) is 4.37. The van der Waals surface area contributed by atoms with E-state index >= 15 is 0 Å². The first-order valence-electron chi connectivity index (χ1n) is 8.79. The van der Waals surface area contributed by atoms with Crippen molar-refractivity contribution < 1.29 is 9.53 Å². The van der Waals surface area contributed by atoms with Crippen molar-refractivity contribution in [2.24, 2.45) is 0 Å². The van der Waals surface area contributed by atoms with E-state index in [0.29, 0.717) is 19.6 Å². The van der Waals surface area contributed by atoms with Crippen LogP contribution in [0.15, 0.2) is 6.07 Å². The number of carbonyl (C=O) groups excluding carboxylic acids is 1. The minimum absolute atomic E-state index is 0.146. The number of thiazole rings is 1. The van der Waals surface area contributed by atoms with E-state index < -0.39 is 0 Å². The Hall–Kier alpha value is -2.06. The molecule has 1 aliphatic rings. The van der Waals surface area contributed by atoms with Gasteiger partial charge in [0.05, 0.1) is 24.4 Å². The number of nitrogens with zero attached hydrogens (tertiary/aromatic N) is 4. The highest BCUT2D eigenvalue weighted by Crippen LogP contribution is 2.29. The molecule has 0 aromatic carbocycles. The second kappa shape index (κ2) is 8.09. The van der Waals surface area contributed by atoms with Crippen molar-refractivity contribution in [3.63, 3.8) is 0 Å². The van der Waals surface area contributed by atoms with Gasteiger partial charge in [-0.2, -0.15) is 0 Å². The lowest BCUT2D eigenvalue weighted by atomic mass is 10.0. The second-order valence-corrected chi connectivity index (χ2v) is 7.78. The van der Waals surface area contributed by atoms with Crippen LogP contribution in [-0.4, -0.2) is 52.6 Å². The maximum atomic E-state index is 12.2. The number of aromatic nitrogens is 3. The molecule has 140 valence electrons. The van der Waals surface area contributed by atoms with Crippen LogP contribution in [0.3, 0.4) is 0 Å². The van der Waals surface area contributed by atoms with E-state index in [1.165, 1.54) is 4.88 Å². The van der Waals surface area contributed by atoms with Gasteiger partial charge in [0.2, 0.25) is 5.91 Å². The third-order valence-electron chi connectivity index (χ3n) is 4.60. The molecule has 2 aromatic heterocycles. The molecular formula is C18H25N5O2S. The maximum Gasteiger partial charge on any atom is 0.224 e. The highest BCUT2D eigenvalue weighted by molar-refractivity contribution is 7.15. The minimum atomic E-state index is 0.146. The topological polar surface area (TPSA) is 80.2 Å². The number of anilines is 2. The summed E-state index contributed by atoms with van der Waals surface area (Å²) < 4.78 is 5.00. The van der Waals surface area contributed by atoms with Gasteiger partial charge in [0, 0.05) is 37.1 Å². The molecule has 0 aliphatic carbocycles. The molecule has 1 saturated heterocycles. The first kappa shape index (κ1) is 18.7. The number of methoxy groups -OCH3 is 1. The predicted octanol–water partition coefficient (Wildman–Crippen LogP) is 2.95. The van der Waals surface area contributed by atoms with Crippen LogP contribution >= 0.6 is 11.3 Å². The monoisotopic (exact) mass is 375 g/mol. The zero-order valence-corrected chi connectivity index (χ0v) is 16.5. The number of aryl methyl sites for hydroxylation is 3. The fourth-order valence-electron chi connectivity index (χ4n) is 3.08. The summed E-state index contributed by atoms with van der Waals surface area (Å²) in [6.07, 6.45) is 1.35. The Morgan fingerprint density at radius 2 is 2.15 bits per heavy atom. The number of nitrogens with one attached hydrogen (secondary N) is 1. The van der Waals surface area contributed by atoms with Gasteiger partial charge in [0.1, 0.15) is 11.6 Å². The van der Waals surface area contributed by atoms with E-state index in [2.05, 4.69) is 27.2 Å². The van der Waals surface area contributed by atoms with E-state index in [1.807, 2.05) is 24.8 Å². The number of carbonyl (C=O) groups is 1. The molecule has 0 bridgehead atoms. The van der Waals surface area contributed by atoms with Crippen molar-refractivity contribution in [3.8, 4) is 0 Å². The Labute approximate surface area is 157 Å². The van der Waals surface area contributed by atoms with Gasteiger partial charge < -0.3 is 15.0 Å². The predicted molar refractivity (Wildman–Crippen MR) is 102 cm³/mol. The van der Waals surface area contributed by atoms with Gasteiger partial charge in [-0.05, 0) is 27.2 Å². The smallest absolute Gasteiger partial charge is 0.224 e. The lowest BCUT2D eigenvalue weighted by Crippen LogP contribution is -2.29. The molecule has 3 heterocycles. The van der Waals surface area contributed by atoms with Crippen molar-refractivity contribution in [2.45, 2.75) is 39.5 Å². The minimum Gasteiger partial charge on any atom is -0.384 e. The average Bonchev–Trinajstić information content (AvgIpc) is 3.19. The first-order valence-corrected chi connectivity index (χ1v) is 9.61. The summed E-state index contributed by atoms with van der Waals surface area (Å²) in [4.78, 5) is 28.9. The molecule has 0 spiro atoms. The number of hydrogen-bond donors (Lipinski definition) is 1. The van der Waals surface area contributed by atoms with Gasteiger partial charge in [-0.1, -0.05) is 0 Å². The van der Waals surface area contributed by atoms with Crippen molar-refractivity contribution in [2.75, 3.05) is 32.1 Å². The molecule has 1 unspecified atom stereocenters. The molecule has 0 radical (unpaired) electrons. The van der Waals surface area contributed by atoms with Crippen molar-refractivity contribution in [1.82, 2.24) is 19.9 Å². The van der Waals surface area contributed by atoms with Gasteiger partial charge in [-0.25, -0.2) is 15.0 Å². The van der Waals surface area contributed by atoms with Crippen LogP contribution in [0.4, 0.5) is 10.9 Å². The standard InChI is InChI=1S/C18H25N5O2S/c1-11-12(2)26-18(19-11)22-16-9-15(20-13(3)21-16)14-5-7-23(10-14)17(24)6-8-25-4/h9,14H,5-8,10H2,1-4H3,(H,19,20,21,22). The molecular weight excluding hydrogens is 350 g/mol. The molecule has 1 amide bonds. The van der Waals surface area contributed by atoms with Gasteiger partial charge in [-0.3, -0.25) is 4.79 Å². The van der Waals surface area contributed by atoms with Crippen molar-refractivity contribution >= 4 is 28.2 Å². The zero-order valence-electron chi connectivity index (χ0n) is 15.7. The van der Waals surface area contributed by atoms with Gasteiger partial charge >= 0.3 is 0 Å². The Balaban J connectivity index is 1.71. The Bertz CT molecular complexity index is 772. The number of hydrogen-bond acceptors (Lipinski definition) is 7. The van der Waals surface area contributed by atoms with Crippen LogP contribution in [0.1, 0.15) is 40.8 Å². The zero-order chi connectivity index (χ0) is 18.7. The highest BCUT2D eigenvalue weighted by atomic mass is 32.1. The van der Waals surface area contributed by atoms with E-state index in [9.17, 15) is 4.79 Å².